The summed E-state index contributed by atoms with van der Waals surface area (Å²) in [5.74, 6) is -0.436. The molecule has 0 spiro atoms. The number of nitrogens with two attached hydrogens (primary N) is 2. The maximum absolute atomic E-state index is 11.1. The fraction of sp³-hybridized carbons (Fsp3) is 0.364. The highest BCUT2D eigenvalue weighted by Gasteiger charge is 2.15. The number of hydrogen-bond donors (Lipinski definition) is 2. The summed E-state index contributed by atoms with van der Waals surface area (Å²) in [5.41, 5.74) is 13.1. The van der Waals surface area contributed by atoms with Crippen LogP contribution in [0.5, 0.6) is 0 Å². The Morgan fingerprint density at radius 2 is 2.00 bits per heavy atom. The number of rotatable bonds is 2. The lowest BCUT2D eigenvalue weighted by Gasteiger charge is -2.30. The molecular formula is C11H15N3O2. The number of primary amides is 1. The molecule has 5 nitrogen and oxygen atoms in total. The van der Waals surface area contributed by atoms with Crippen LogP contribution >= 0.6 is 0 Å². The number of carbonyl (C=O) groups excluding carboxylic acids is 1. The lowest BCUT2D eigenvalue weighted by molar-refractivity contribution is 0.100. The summed E-state index contributed by atoms with van der Waals surface area (Å²) in [6.45, 7) is 2.93. The zero-order valence-corrected chi connectivity index (χ0v) is 8.98. The molecule has 1 saturated heterocycles. The molecule has 1 aromatic rings. The first-order chi connectivity index (χ1) is 7.68. The maximum Gasteiger partial charge on any atom is 0.248 e. The largest absolute Gasteiger partial charge is 0.397 e. The van der Waals surface area contributed by atoms with Gasteiger partial charge in [-0.05, 0) is 18.2 Å². The number of morpholine rings is 1. The Morgan fingerprint density at radius 1 is 1.31 bits per heavy atom. The third kappa shape index (κ3) is 2.09. The van der Waals surface area contributed by atoms with E-state index in [-0.39, 0.29) is 0 Å². The van der Waals surface area contributed by atoms with E-state index < -0.39 is 5.91 Å². The molecular weight excluding hydrogens is 206 g/mol. The van der Waals surface area contributed by atoms with Gasteiger partial charge in [0.1, 0.15) is 0 Å². The Hall–Kier alpha value is -1.75. The van der Waals surface area contributed by atoms with Crippen molar-refractivity contribution in [3.05, 3.63) is 23.8 Å². The molecule has 1 fully saturated rings. The fourth-order valence-corrected chi connectivity index (χ4v) is 1.78. The molecule has 5 heteroatoms. The standard InChI is InChI=1S/C11H15N3O2/c12-9-2-1-8(11(13)15)7-10(9)14-3-5-16-6-4-14/h1-2,7H,3-6,12H2,(H2,13,15). The van der Waals surface area contributed by atoms with Crippen molar-refractivity contribution < 1.29 is 9.53 Å². The average Bonchev–Trinajstić information content (AvgIpc) is 2.30. The van der Waals surface area contributed by atoms with Gasteiger partial charge in [0.2, 0.25) is 5.91 Å². The minimum Gasteiger partial charge on any atom is -0.397 e. The van der Waals surface area contributed by atoms with Gasteiger partial charge in [0.25, 0.3) is 0 Å². The average molecular weight is 221 g/mol. The van der Waals surface area contributed by atoms with Crippen molar-refractivity contribution in [2.75, 3.05) is 36.9 Å². The lowest BCUT2D eigenvalue weighted by atomic mass is 10.1. The second kappa shape index (κ2) is 4.40. The van der Waals surface area contributed by atoms with E-state index >= 15 is 0 Å². The third-order valence-corrected chi connectivity index (χ3v) is 2.67. The van der Waals surface area contributed by atoms with Crippen molar-refractivity contribution in [1.82, 2.24) is 0 Å². The lowest BCUT2D eigenvalue weighted by Crippen LogP contribution is -2.36. The molecule has 0 aromatic heterocycles. The van der Waals surface area contributed by atoms with Crippen LogP contribution in [0.15, 0.2) is 18.2 Å². The Kier molecular flexibility index (Phi) is 2.96. The van der Waals surface area contributed by atoms with E-state index in [0.29, 0.717) is 24.5 Å². The van der Waals surface area contributed by atoms with Crippen LogP contribution < -0.4 is 16.4 Å². The van der Waals surface area contributed by atoms with E-state index in [4.69, 9.17) is 16.2 Å². The first-order valence-corrected chi connectivity index (χ1v) is 5.20. The molecule has 16 heavy (non-hydrogen) atoms. The predicted octanol–water partition coefficient (Wildman–Crippen LogP) is 0.204. The summed E-state index contributed by atoms with van der Waals surface area (Å²) in [6.07, 6.45) is 0. The van der Waals surface area contributed by atoms with Crippen molar-refractivity contribution in [2.45, 2.75) is 0 Å². The van der Waals surface area contributed by atoms with Crippen LogP contribution in [0, 0.1) is 0 Å². The van der Waals surface area contributed by atoms with Gasteiger partial charge in [0.05, 0.1) is 24.6 Å². The first kappa shape index (κ1) is 10.8. The summed E-state index contributed by atoms with van der Waals surface area (Å²) in [7, 11) is 0. The number of anilines is 2. The number of hydrogen-bond acceptors (Lipinski definition) is 4. The number of carbonyl (C=O) groups is 1. The molecule has 0 saturated carbocycles. The van der Waals surface area contributed by atoms with Crippen LogP contribution in [0.1, 0.15) is 10.4 Å². The molecule has 1 aromatic carbocycles. The van der Waals surface area contributed by atoms with Crippen LogP contribution in [0.4, 0.5) is 11.4 Å². The molecule has 0 atom stereocenters. The third-order valence-electron chi connectivity index (χ3n) is 2.67. The van der Waals surface area contributed by atoms with E-state index in [1.165, 1.54) is 0 Å². The molecule has 0 aliphatic carbocycles. The van der Waals surface area contributed by atoms with Gasteiger partial charge in [-0.1, -0.05) is 0 Å². The topological polar surface area (TPSA) is 81.6 Å². The maximum atomic E-state index is 11.1. The van der Waals surface area contributed by atoms with Crippen molar-refractivity contribution in [1.29, 1.82) is 0 Å². The zero-order valence-electron chi connectivity index (χ0n) is 8.98. The smallest absolute Gasteiger partial charge is 0.248 e. The highest BCUT2D eigenvalue weighted by Crippen LogP contribution is 2.25. The summed E-state index contributed by atoms with van der Waals surface area (Å²) < 4.78 is 5.26. The van der Waals surface area contributed by atoms with E-state index in [9.17, 15) is 4.79 Å². The Morgan fingerprint density at radius 3 is 2.62 bits per heavy atom. The molecule has 1 aliphatic rings. The van der Waals surface area contributed by atoms with Crippen LogP contribution in [0.2, 0.25) is 0 Å². The molecule has 0 radical (unpaired) electrons. The molecule has 1 amide bonds. The summed E-state index contributed by atoms with van der Waals surface area (Å²) in [5, 5.41) is 0. The van der Waals surface area contributed by atoms with Crippen LogP contribution in [-0.4, -0.2) is 32.2 Å². The molecule has 4 N–H and O–H groups in total. The van der Waals surface area contributed by atoms with E-state index in [0.717, 1.165) is 18.8 Å². The molecule has 1 heterocycles. The van der Waals surface area contributed by atoms with Gasteiger partial charge in [-0.3, -0.25) is 4.79 Å². The summed E-state index contributed by atoms with van der Waals surface area (Å²) in [4.78, 5) is 13.2. The molecule has 1 aliphatic heterocycles. The number of amides is 1. The molecule has 0 bridgehead atoms. The molecule has 0 unspecified atom stereocenters. The highest BCUT2D eigenvalue weighted by atomic mass is 16.5. The number of nitrogen functional groups attached to an aromatic ring is 1. The number of ether oxygens (including phenoxy) is 1. The fourth-order valence-electron chi connectivity index (χ4n) is 1.78. The van der Waals surface area contributed by atoms with Crippen molar-refractivity contribution >= 4 is 17.3 Å². The number of nitrogens with zero attached hydrogens (tertiary/aromatic N) is 1. The Balaban J connectivity index is 2.30. The predicted molar refractivity (Wildman–Crippen MR) is 62.4 cm³/mol. The second-order valence-electron chi connectivity index (χ2n) is 3.74. The van der Waals surface area contributed by atoms with Crippen molar-refractivity contribution in [3.8, 4) is 0 Å². The van der Waals surface area contributed by atoms with Crippen molar-refractivity contribution in [3.63, 3.8) is 0 Å². The normalized spacial score (nSPS) is 16.1. The second-order valence-corrected chi connectivity index (χ2v) is 3.74. The summed E-state index contributed by atoms with van der Waals surface area (Å²) >= 11 is 0. The van der Waals surface area contributed by atoms with Gasteiger partial charge in [0, 0.05) is 18.7 Å². The van der Waals surface area contributed by atoms with Crippen LogP contribution in [0.25, 0.3) is 0 Å². The Labute approximate surface area is 94.0 Å². The van der Waals surface area contributed by atoms with E-state index in [2.05, 4.69) is 4.90 Å². The van der Waals surface area contributed by atoms with Gasteiger partial charge in [0.15, 0.2) is 0 Å². The minimum absolute atomic E-state index is 0.436. The monoisotopic (exact) mass is 221 g/mol. The quantitative estimate of drug-likeness (QED) is 0.699. The van der Waals surface area contributed by atoms with Gasteiger partial charge in [-0.25, -0.2) is 0 Å². The van der Waals surface area contributed by atoms with Gasteiger partial charge in [-0.2, -0.15) is 0 Å². The number of benzene rings is 1. The van der Waals surface area contributed by atoms with Crippen LogP contribution in [-0.2, 0) is 4.74 Å². The van der Waals surface area contributed by atoms with Gasteiger partial charge < -0.3 is 21.1 Å². The Bertz CT molecular complexity index is 400. The minimum atomic E-state index is -0.436. The van der Waals surface area contributed by atoms with Crippen molar-refractivity contribution in [2.24, 2.45) is 5.73 Å². The highest BCUT2D eigenvalue weighted by molar-refractivity contribution is 5.95. The SMILES string of the molecule is NC(=O)c1ccc(N)c(N2CCOCC2)c1. The molecule has 86 valence electrons. The van der Waals surface area contributed by atoms with Gasteiger partial charge in [-0.15, -0.1) is 0 Å². The van der Waals surface area contributed by atoms with E-state index in [1.54, 1.807) is 18.2 Å². The molecule has 2 rings (SSSR count). The first-order valence-electron chi connectivity index (χ1n) is 5.20. The van der Waals surface area contributed by atoms with E-state index in [1.807, 2.05) is 0 Å². The van der Waals surface area contributed by atoms with Crippen LogP contribution in [0.3, 0.4) is 0 Å². The summed E-state index contributed by atoms with van der Waals surface area (Å²) in [6, 6.07) is 5.09. The zero-order chi connectivity index (χ0) is 11.5. The van der Waals surface area contributed by atoms with Gasteiger partial charge >= 0.3 is 0 Å².